The molecule has 130 valence electrons. The van der Waals surface area contributed by atoms with Crippen LogP contribution in [0.4, 0.5) is 0 Å². The Hall–Kier alpha value is -0.530. The van der Waals surface area contributed by atoms with Crippen LogP contribution in [0.5, 0.6) is 0 Å². The van der Waals surface area contributed by atoms with E-state index in [1.54, 1.807) is 0 Å². The molecule has 0 aliphatic heterocycles. The van der Waals surface area contributed by atoms with E-state index in [0.717, 1.165) is 30.1 Å². The molecule has 0 aromatic rings. The summed E-state index contributed by atoms with van der Waals surface area (Å²) in [7, 11) is 1.82. The van der Waals surface area contributed by atoms with Gasteiger partial charge in [-0.05, 0) is 85.9 Å². The molecule has 4 fully saturated rings. The summed E-state index contributed by atoms with van der Waals surface area (Å²) in [5.41, 5.74) is 0.896. The van der Waals surface area contributed by atoms with Gasteiger partial charge in [0.2, 0.25) is 5.91 Å². The summed E-state index contributed by atoms with van der Waals surface area (Å²) < 4.78 is 0. The zero-order chi connectivity index (χ0) is 16.2. The summed E-state index contributed by atoms with van der Waals surface area (Å²) in [5, 5.41) is 2.95. The lowest BCUT2D eigenvalue weighted by molar-refractivity contribution is -0.136. The molecule has 1 N–H and O–H groups in total. The summed E-state index contributed by atoms with van der Waals surface area (Å²) in [6.45, 7) is 5.09. The minimum absolute atomic E-state index is 0.273. The highest BCUT2D eigenvalue weighted by molar-refractivity contribution is 5.79. The molecule has 4 saturated carbocycles. The van der Waals surface area contributed by atoms with E-state index in [0.29, 0.717) is 11.3 Å². The molecule has 2 unspecified atom stereocenters. The zero-order valence-electron chi connectivity index (χ0n) is 15.4. The molecule has 23 heavy (non-hydrogen) atoms. The predicted molar refractivity (Wildman–Crippen MR) is 93.9 cm³/mol. The second kappa shape index (κ2) is 5.49. The lowest BCUT2D eigenvalue weighted by atomic mass is 9.45. The Morgan fingerprint density at radius 2 is 1.65 bits per heavy atom. The summed E-state index contributed by atoms with van der Waals surface area (Å²) in [6, 6.07) is 0. The Morgan fingerprint density at radius 1 is 0.870 bits per heavy atom. The highest BCUT2D eigenvalue weighted by Gasteiger charge is 2.60. The van der Waals surface area contributed by atoms with Gasteiger partial charge in [0, 0.05) is 13.0 Å². The van der Waals surface area contributed by atoms with Gasteiger partial charge in [0.05, 0.1) is 0 Å². The summed E-state index contributed by atoms with van der Waals surface area (Å²) >= 11 is 0. The molecule has 0 heterocycles. The van der Waals surface area contributed by atoms with E-state index < -0.39 is 0 Å². The molecule has 1 amide bonds. The third kappa shape index (κ3) is 2.15. The third-order valence-electron chi connectivity index (χ3n) is 9.15. The number of fused-ring (bicyclic) bond motifs is 5. The van der Waals surface area contributed by atoms with Gasteiger partial charge in [-0.25, -0.2) is 0 Å². The molecule has 4 rings (SSSR count). The van der Waals surface area contributed by atoms with Gasteiger partial charge < -0.3 is 5.32 Å². The number of carbonyl (C=O) groups is 1. The van der Waals surface area contributed by atoms with Gasteiger partial charge in [0.1, 0.15) is 0 Å². The Labute approximate surface area is 142 Å². The third-order valence-corrected chi connectivity index (χ3v) is 9.15. The van der Waals surface area contributed by atoms with E-state index in [1.165, 1.54) is 57.8 Å². The van der Waals surface area contributed by atoms with Crippen molar-refractivity contribution >= 4 is 5.91 Å². The van der Waals surface area contributed by atoms with Crippen molar-refractivity contribution in [3.8, 4) is 0 Å². The molecule has 0 aromatic heterocycles. The summed E-state index contributed by atoms with van der Waals surface area (Å²) in [4.78, 5) is 12.4. The Bertz CT molecular complexity index is 488. The quantitative estimate of drug-likeness (QED) is 0.741. The Morgan fingerprint density at radius 3 is 2.43 bits per heavy atom. The first-order chi connectivity index (χ1) is 11.0. The van der Waals surface area contributed by atoms with Crippen LogP contribution in [0.2, 0.25) is 0 Å². The second-order valence-electron chi connectivity index (χ2n) is 9.69. The maximum Gasteiger partial charge on any atom is 0.223 e. The van der Waals surface area contributed by atoms with Crippen LogP contribution in [0.25, 0.3) is 0 Å². The molecule has 7 atom stereocenters. The maximum atomic E-state index is 12.4. The van der Waals surface area contributed by atoms with Gasteiger partial charge >= 0.3 is 0 Å². The normalized spacial score (nSPS) is 52.2. The molecule has 0 saturated heterocycles. The van der Waals surface area contributed by atoms with Crippen molar-refractivity contribution in [1.29, 1.82) is 0 Å². The van der Waals surface area contributed by atoms with Crippen molar-refractivity contribution in [1.82, 2.24) is 5.32 Å². The first-order valence-corrected chi connectivity index (χ1v) is 10.2. The lowest BCUT2D eigenvalue weighted by Crippen LogP contribution is -2.53. The minimum Gasteiger partial charge on any atom is -0.359 e. The number of nitrogens with one attached hydrogen (secondary N) is 1. The highest BCUT2D eigenvalue weighted by Crippen LogP contribution is 2.67. The first kappa shape index (κ1) is 16.0. The molecular formula is C21H35NO. The first-order valence-electron chi connectivity index (χ1n) is 10.2. The number of rotatable bonds is 1. The van der Waals surface area contributed by atoms with Gasteiger partial charge in [-0.1, -0.05) is 26.7 Å². The zero-order valence-corrected chi connectivity index (χ0v) is 15.4. The van der Waals surface area contributed by atoms with E-state index in [-0.39, 0.29) is 11.3 Å². The monoisotopic (exact) mass is 317 g/mol. The molecule has 0 spiro atoms. The Kier molecular flexibility index (Phi) is 3.81. The molecule has 4 aliphatic rings. The predicted octanol–water partition coefficient (Wildman–Crippen LogP) is 4.78. The van der Waals surface area contributed by atoms with E-state index in [9.17, 15) is 4.79 Å². The van der Waals surface area contributed by atoms with Crippen molar-refractivity contribution in [3.05, 3.63) is 0 Å². The van der Waals surface area contributed by atoms with Gasteiger partial charge in [-0.3, -0.25) is 4.79 Å². The lowest BCUT2D eigenvalue weighted by Gasteiger charge is -2.60. The number of carbonyl (C=O) groups excluding carboxylic acids is 1. The average molecular weight is 318 g/mol. The summed E-state index contributed by atoms with van der Waals surface area (Å²) in [6.07, 6.45) is 13.9. The molecule has 2 nitrogen and oxygen atoms in total. The van der Waals surface area contributed by atoms with Gasteiger partial charge in [-0.2, -0.15) is 0 Å². The van der Waals surface area contributed by atoms with Crippen molar-refractivity contribution in [2.45, 2.75) is 78.1 Å². The minimum atomic E-state index is 0.273. The topological polar surface area (TPSA) is 29.1 Å². The van der Waals surface area contributed by atoms with Crippen LogP contribution in [0.3, 0.4) is 0 Å². The van der Waals surface area contributed by atoms with Crippen molar-refractivity contribution in [3.63, 3.8) is 0 Å². The van der Waals surface area contributed by atoms with Crippen LogP contribution in [0.15, 0.2) is 0 Å². The fraction of sp³-hybridized carbons (Fsp3) is 0.952. The molecule has 4 aliphatic carbocycles. The number of hydrogen-bond donors (Lipinski definition) is 1. The average Bonchev–Trinajstić information content (AvgIpc) is 2.91. The van der Waals surface area contributed by atoms with Crippen molar-refractivity contribution in [2.24, 2.45) is 40.4 Å². The SMILES string of the molecule is CNC(=O)C1CC[C@H]2[C@@H]3CCC4CCCC[C@]4(C)[C@H]3CC[C@]12C. The van der Waals surface area contributed by atoms with Crippen LogP contribution in [-0.2, 0) is 4.79 Å². The highest BCUT2D eigenvalue weighted by atomic mass is 16.1. The van der Waals surface area contributed by atoms with Crippen LogP contribution in [0.1, 0.15) is 78.1 Å². The smallest absolute Gasteiger partial charge is 0.223 e. The fourth-order valence-electron chi connectivity index (χ4n) is 7.90. The van der Waals surface area contributed by atoms with Crippen molar-refractivity contribution < 1.29 is 4.79 Å². The van der Waals surface area contributed by atoms with Gasteiger partial charge in [0.25, 0.3) is 0 Å². The Balaban J connectivity index is 1.61. The van der Waals surface area contributed by atoms with Crippen LogP contribution in [-0.4, -0.2) is 13.0 Å². The molecule has 2 heteroatoms. The number of hydrogen-bond acceptors (Lipinski definition) is 1. The standard InChI is InChI=1S/C21H35NO/c1-20-12-5-4-6-14(20)7-8-15-16-9-10-18(19(23)22-3)21(16,2)13-11-17(15)20/h14-18H,4-13H2,1-3H3,(H,22,23)/t14?,15-,16-,17-,18?,20-,21-/m0/s1. The summed E-state index contributed by atoms with van der Waals surface area (Å²) in [5.74, 6) is 4.24. The van der Waals surface area contributed by atoms with Gasteiger partial charge in [0.15, 0.2) is 0 Å². The van der Waals surface area contributed by atoms with Crippen LogP contribution >= 0.6 is 0 Å². The van der Waals surface area contributed by atoms with E-state index in [4.69, 9.17) is 0 Å². The van der Waals surface area contributed by atoms with E-state index in [2.05, 4.69) is 19.2 Å². The molecule has 0 radical (unpaired) electrons. The van der Waals surface area contributed by atoms with Crippen molar-refractivity contribution in [2.75, 3.05) is 7.05 Å². The largest absolute Gasteiger partial charge is 0.359 e. The van der Waals surface area contributed by atoms with E-state index in [1.807, 2.05) is 7.05 Å². The van der Waals surface area contributed by atoms with E-state index >= 15 is 0 Å². The molecule has 0 bridgehead atoms. The number of amides is 1. The van der Waals surface area contributed by atoms with Crippen LogP contribution < -0.4 is 5.32 Å². The molecular weight excluding hydrogens is 282 g/mol. The maximum absolute atomic E-state index is 12.4. The van der Waals surface area contributed by atoms with Crippen LogP contribution in [0, 0.1) is 40.4 Å². The molecule has 0 aromatic carbocycles. The van der Waals surface area contributed by atoms with Gasteiger partial charge in [-0.15, -0.1) is 0 Å². The fourth-order valence-corrected chi connectivity index (χ4v) is 7.90. The second-order valence-corrected chi connectivity index (χ2v) is 9.69.